The molecule has 88 valence electrons. The van der Waals surface area contributed by atoms with E-state index in [1.54, 1.807) is 7.11 Å². The highest BCUT2D eigenvalue weighted by Crippen LogP contribution is 2.25. The van der Waals surface area contributed by atoms with E-state index in [1.165, 1.54) is 31.2 Å². The average Bonchev–Trinajstić information content (AvgIpc) is 2.35. The quantitative estimate of drug-likeness (QED) is 0.482. The number of benzene rings is 1. The molecule has 1 rings (SSSR count). The SMILES string of the molecule is C=CC(CCCCC)c1ccc(OC)cc1. The van der Waals surface area contributed by atoms with Crippen molar-refractivity contribution in [2.24, 2.45) is 0 Å². The molecule has 1 aromatic carbocycles. The Morgan fingerprint density at radius 3 is 2.44 bits per heavy atom. The molecule has 1 atom stereocenters. The number of hydrogen-bond acceptors (Lipinski definition) is 1. The highest BCUT2D eigenvalue weighted by molar-refractivity contribution is 5.31. The summed E-state index contributed by atoms with van der Waals surface area (Å²) in [5.41, 5.74) is 1.34. The van der Waals surface area contributed by atoms with Crippen molar-refractivity contribution in [1.29, 1.82) is 0 Å². The van der Waals surface area contributed by atoms with Gasteiger partial charge in [0, 0.05) is 5.92 Å². The van der Waals surface area contributed by atoms with Crippen LogP contribution in [0.2, 0.25) is 0 Å². The van der Waals surface area contributed by atoms with Gasteiger partial charge in [0.2, 0.25) is 0 Å². The minimum Gasteiger partial charge on any atom is -0.497 e. The normalized spacial score (nSPS) is 12.1. The first kappa shape index (κ1) is 12.8. The fourth-order valence-electron chi connectivity index (χ4n) is 1.89. The Bertz CT molecular complexity index is 300. The van der Waals surface area contributed by atoms with Crippen LogP contribution in [0.3, 0.4) is 0 Å². The molecule has 0 spiro atoms. The molecule has 0 saturated carbocycles. The molecule has 1 nitrogen and oxygen atoms in total. The summed E-state index contributed by atoms with van der Waals surface area (Å²) >= 11 is 0. The molecule has 0 aromatic heterocycles. The van der Waals surface area contributed by atoms with Crippen molar-refractivity contribution in [2.75, 3.05) is 7.11 Å². The molecular weight excluding hydrogens is 196 g/mol. The fourth-order valence-corrected chi connectivity index (χ4v) is 1.89. The van der Waals surface area contributed by atoms with Crippen LogP contribution < -0.4 is 4.74 Å². The second-order valence-corrected chi connectivity index (χ2v) is 4.11. The third kappa shape index (κ3) is 3.73. The van der Waals surface area contributed by atoms with Crippen molar-refractivity contribution in [1.82, 2.24) is 0 Å². The lowest BCUT2D eigenvalue weighted by molar-refractivity contribution is 0.414. The van der Waals surface area contributed by atoms with E-state index in [9.17, 15) is 0 Å². The van der Waals surface area contributed by atoms with Gasteiger partial charge < -0.3 is 4.74 Å². The zero-order chi connectivity index (χ0) is 11.8. The van der Waals surface area contributed by atoms with Crippen LogP contribution in [0, 0.1) is 0 Å². The summed E-state index contributed by atoms with van der Waals surface area (Å²) < 4.78 is 5.16. The lowest BCUT2D eigenvalue weighted by atomic mass is 9.93. The fraction of sp³-hybridized carbons (Fsp3) is 0.467. The third-order valence-electron chi connectivity index (χ3n) is 2.95. The van der Waals surface area contributed by atoms with E-state index in [1.807, 2.05) is 12.1 Å². The number of rotatable bonds is 7. The van der Waals surface area contributed by atoms with E-state index < -0.39 is 0 Å². The van der Waals surface area contributed by atoms with Gasteiger partial charge in [-0.15, -0.1) is 6.58 Å². The molecule has 0 heterocycles. The number of hydrogen-bond donors (Lipinski definition) is 0. The van der Waals surface area contributed by atoms with E-state index in [-0.39, 0.29) is 0 Å². The Balaban J connectivity index is 2.60. The topological polar surface area (TPSA) is 9.23 Å². The maximum absolute atomic E-state index is 5.16. The molecule has 0 aliphatic rings. The van der Waals surface area contributed by atoms with Crippen LogP contribution in [-0.4, -0.2) is 7.11 Å². The van der Waals surface area contributed by atoms with Crippen molar-refractivity contribution in [2.45, 2.75) is 38.5 Å². The second-order valence-electron chi connectivity index (χ2n) is 4.11. The number of allylic oxidation sites excluding steroid dienone is 1. The molecule has 0 fully saturated rings. The summed E-state index contributed by atoms with van der Waals surface area (Å²) in [6.45, 7) is 6.16. The van der Waals surface area contributed by atoms with Gasteiger partial charge in [-0.2, -0.15) is 0 Å². The molecule has 1 unspecified atom stereocenters. The Labute approximate surface area is 99.1 Å². The zero-order valence-corrected chi connectivity index (χ0v) is 10.4. The molecule has 1 aromatic rings. The summed E-state index contributed by atoms with van der Waals surface area (Å²) in [5, 5.41) is 0. The zero-order valence-electron chi connectivity index (χ0n) is 10.4. The van der Waals surface area contributed by atoms with E-state index in [4.69, 9.17) is 4.74 Å². The number of ether oxygens (including phenoxy) is 1. The Morgan fingerprint density at radius 1 is 1.25 bits per heavy atom. The summed E-state index contributed by atoms with van der Waals surface area (Å²) in [6, 6.07) is 8.31. The monoisotopic (exact) mass is 218 g/mol. The standard InChI is InChI=1S/C15H22O/c1-4-6-7-8-13(5-2)14-9-11-15(16-3)12-10-14/h5,9-13H,2,4,6-8H2,1,3H3. The average molecular weight is 218 g/mol. The van der Waals surface area contributed by atoms with Gasteiger partial charge in [-0.1, -0.05) is 44.4 Å². The van der Waals surface area contributed by atoms with Crippen molar-refractivity contribution in [3.8, 4) is 5.75 Å². The predicted molar refractivity (Wildman–Crippen MR) is 70.1 cm³/mol. The van der Waals surface area contributed by atoms with Gasteiger partial charge in [0.25, 0.3) is 0 Å². The van der Waals surface area contributed by atoms with Gasteiger partial charge in [0.15, 0.2) is 0 Å². The summed E-state index contributed by atoms with van der Waals surface area (Å²) in [6.07, 6.45) is 7.10. The highest BCUT2D eigenvalue weighted by Gasteiger charge is 2.06. The molecule has 0 amide bonds. The summed E-state index contributed by atoms with van der Waals surface area (Å²) in [5.74, 6) is 1.40. The molecule has 16 heavy (non-hydrogen) atoms. The van der Waals surface area contributed by atoms with Crippen LogP contribution >= 0.6 is 0 Å². The van der Waals surface area contributed by atoms with Gasteiger partial charge in [-0.25, -0.2) is 0 Å². The van der Waals surface area contributed by atoms with Crippen LogP contribution in [0.25, 0.3) is 0 Å². The summed E-state index contributed by atoms with van der Waals surface area (Å²) in [7, 11) is 1.70. The lowest BCUT2D eigenvalue weighted by Gasteiger charge is -2.13. The predicted octanol–water partition coefficient (Wildman–Crippen LogP) is 4.55. The number of methoxy groups -OCH3 is 1. The maximum atomic E-state index is 5.16. The van der Waals surface area contributed by atoms with E-state index in [0.717, 1.165) is 5.75 Å². The van der Waals surface area contributed by atoms with Crippen molar-refractivity contribution >= 4 is 0 Å². The molecule has 0 radical (unpaired) electrons. The van der Waals surface area contributed by atoms with Crippen LogP contribution in [0.1, 0.15) is 44.1 Å². The lowest BCUT2D eigenvalue weighted by Crippen LogP contribution is -1.95. The molecular formula is C15H22O. The van der Waals surface area contributed by atoms with Crippen molar-refractivity contribution in [3.05, 3.63) is 42.5 Å². The van der Waals surface area contributed by atoms with Crippen LogP contribution in [0.15, 0.2) is 36.9 Å². The molecule has 0 saturated heterocycles. The van der Waals surface area contributed by atoms with E-state index >= 15 is 0 Å². The van der Waals surface area contributed by atoms with E-state index in [2.05, 4.69) is 31.7 Å². The Hall–Kier alpha value is -1.24. The maximum Gasteiger partial charge on any atom is 0.118 e. The van der Waals surface area contributed by atoms with Gasteiger partial charge in [-0.05, 0) is 24.1 Å². The smallest absolute Gasteiger partial charge is 0.118 e. The van der Waals surface area contributed by atoms with Crippen LogP contribution in [0.4, 0.5) is 0 Å². The second kappa shape index (κ2) is 7.10. The largest absolute Gasteiger partial charge is 0.497 e. The minimum absolute atomic E-state index is 0.484. The van der Waals surface area contributed by atoms with Crippen LogP contribution in [-0.2, 0) is 0 Å². The van der Waals surface area contributed by atoms with Crippen molar-refractivity contribution < 1.29 is 4.74 Å². The molecule has 0 N–H and O–H groups in total. The van der Waals surface area contributed by atoms with Gasteiger partial charge in [0.1, 0.15) is 5.75 Å². The first-order valence-corrected chi connectivity index (χ1v) is 6.08. The molecule has 0 bridgehead atoms. The molecule has 0 aliphatic heterocycles. The first-order chi connectivity index (χ1) is 7.81. The van der Waals surface area contributed by atoms with Crippen molar-refractivity contribution in [3.63, 3.8) is 0 Å². The molecule has 1 heteroatoms. The highest BCUT2D eigenvalue weighted by atomic mass is 16.5. The minimum atomic E-state index is 0.484. The van der Waals surface area contributed by atoms with Gasteiger partial charge >= 0.3 is 0 Å². The van der Waals surface area contributed by atoms with E-state index in [0.29, 0.717) is 5.92 Å². The first-order valence-electron chi connectivity index (χ1n) is 6.08. The number of unbranched alkanes of at least 4 members (excludes halogenated alkanes) is 2. The van der Waals surface area contributed by atoms with Crippen LogP contribution in [0.5, 0.6) is 5.75 Å². The van der Waals surface area contributed by atoms with Gasteiger partial charge in [0.05, 0.1) is 7.11 Å². The van der Waals surface area contributed by atoms with Gasteiger partial charge in [-0.3, -0.25) is 0 Å². The molecule has 0 aliphatic carbocycles. The Morgan fingerprint density at radius 2 is 1.94 bits per heavy atom. The third-order valence-corrected chi connectivity index (χ3v) is 2.95. The Kier molecular flexibility index (Phi) is 5.69. The summed E-state index contributed by atoms with van der Waals surface area (Å²) in [4.78, 5) is 0.